The van der Waals surface area contributed by atoms with Crippen molar-refractivity contribution < 1.29 is 9.47 Å². The van der Waals surface area contributed by atoms with Crippen molar-refractivity contribution in [3.63, 3.8) is 0 Å². The zero-order valence-corrected chi connectivity index (χ0v) is 59.3. The highest BCUT2D eigenvalue weighted by Crippen LogP contribution is 2.67. The molecule has 2 aliphatic heterocycles. The highest BCUT2D eigenvalue weighted by Gasteiger charge is 2.54. The summed E-state index contributed by atoms with van der Waals surface area (Å²) in [6.45, 7) is 0. The first-order chi connectivity index (χ1) is 54.5. The van der Waals surface area contributed by atoms with Crippen LogP contribution in [0.25, 0.3) is 146 Å². The van der Waals surface area contributed by atoms with Crippen LogP contribution in [0.15, 0.2) is 376 Å². The highest BCUT2D eigenvalue weighted by molar-refractivity contribution is 6.05. The van der Waals surface area contributed by atoms with Crippen molar-refractivity contribution in [2.24, 2.45) is 0 Å². The maximum atomic E-state index is 7.71. The van der Waals surface area contributed by atoms with E-state index >= 15 is 0 Å². The van der Waals surface area contributed by atoms with E-state index in [1.807, 2.05) is 97.1 Å². The Labute approximate surface area is 635 Å². The van der Waals surface area contributed by atoms with Gasteiger partial charge in [-0.15, -0.1) is 0 Å². The molecular formula is C102H62N6O2. The van der Waals surface area contributed by atoms with E-state index in [-0.39, 0.29) is 0 Å². The lowest BCUT2D eigenvalue weighted by atomic mass is 9.65. The molecule has 0 saturated heterocycles. The van der Waals surface area contributed by atoms with Crippen LogP contribution in [0.1, 0.15) is 44.5 Å². The molecule has 0 fully saturated rings. The van der Waals surface area contributed by atoms with Crippen molar-refractivity contribution in [3.8, 4) is 158 Å². The van der Waals surface area contributed by atoms with E-state index in [4.69, 9.17) is 39.4 Å². The van der Waals surface area contributed by atoms with Gasteiger partial charge in [-0.2, -0.15) is 0 Å². The van der Waals surface area contributed by atoms with Gasteiger partial charge in [0.05, 0.1) is 10.8 Å². The van der Waals surface area contributed by atoms with Gasteiger partial charge in [0.25, 0.3) is 0 Å². The van der Waals surface area contributed by atoms with Crippen LogP contribution in [0.3, 0.4) is 0 Å². The van der Waals surface area contributed by atoms with Crippen molar-refractivity contribution in [2.45, 2.75) is 10.8 Å². The Hall–Kier alpha value is -14.6. The fourth-order valence-corrected chi connectivity index (χ4v) is 17.9. The molecule has 18 aromatic rings. The van der Waals surface area contributed by atoms with Crippen LogP contribution >= 0.6 is 0 Å². The molecule has 0 N–H and O–H groups in total. The molecule has 110 heavy (non-hydrogen) atoms. The van der Waals surface area contributed by atoms with Crippen LogP contribution in [0, 0.1) is 0 Å². The zero-order valence-electron chi connectivity index (χ0n) is 59.3. The molecule has 8 heteroatoms. The number of nitrogens with zero attached hydrogens (tertiary/aromatic N) is 6. The summed E-state index contributed by atoms with van der Waals surface area (Å²) in [5.41, 5.74) is 26.1. The second kappa shape index (κ2) is 25.0. The number of para-hydroxylation sites is 2. The lowest BCUT2D eigenvalue weighted by Crippen LogP contribution is -2.32. The Morgan fingerprint density at radius 1 is 0.182 bits per heavy atom. The summed E-state index contributed by atoms with van der Waals surface area (Å²) in [5.74, 6) is 6.90. The molecule has 512 valence electrons. The molecule has 8 nitrogen and oxygen atoms in total. The number of aromatic nitrogens is 6. The molecule has 0 radical (unpaired) electrons. The van der Waals surface area contributed by atoms with Crippen LogP contribution < -0.4 is 9.47 Å². The molecule has 0 bridgehead atoms. The first-order valence-corrected chi connectivity index (χ1v) is 37.3. The Morgan fingerprint density at radius 3 is 1.11 bits per heavy atom. The Morgan fingerprint density at radius 2 is 0.545 bits per heavy atom. The van der Waals surface area contributed by atoms with Gasteiger partial charge in [-0.1, -0.05) is 346 Å². The Balaban J connectivity index is 0.677. The first-order valence-electron chi connectivity index (χ1n) is 37.3. The van der Waals surface area contributed by atoms with Gasteiger partial charge in [-0.3, -0.25) is 0 Å². The lowest BCUT2D eigenvalue weighted by Gasteiger charge is -2.40. The van der Waals surface area contributed by atoms with Crippen molar-refractivity contribution in [1.82, 2.24) is 29.9 Å². The number of benzene rings is 16. The van der Waals surface area contributed by atoms with Crippen LogP contribution in [0.5, 0.6) is 23.0 Å². The van der Waals surface area contributed by atoms with Gasteiger partial charge in [-0.05, 0) is 125 Å². The topological polar surface area (TPSA) is 95.8 Å². The van der Waals surface area contributed by atoms with Crippen molar-refractivity contribution in [1.29, 1.82) is 0 Å². The summed E-state index contributed by atoms with van der Waals surface area (Å²) >= 11 is 0. The summed E-state index contributed by atoms with van der Waals surface area (Å²) in [4.78, 5) is 30.9. The van der Waals surface area contributed by atoms with Gasteiger partial charge < -0.3 is 9.47 Å². The molecule has 16 aromatic carbocycles. The summed E-state index contributed by atoms with van der Waals surface area (Å²) < 4.78 is 14.9. The molecule has 4 heterocycles. The monoisotopic (exact) mass is 1400 g/mol. The summed E-state index contributed by atoms with van der Waals surface area (Å²) in [5, 5.41) is 2.11. The standard InChI is InChI=1S/C102H62N6O2/c1-5-26-67(27-6-1)95-103-96(68-28-7-2-8-29-68)105-99(104-95)71-53-51-64(52-54-71)63-47-49-65(50-48-63)72-56-59-91-87(61-72)101(81-40-18-15-35-76(81)77-36-16-19-41-82(77)101)86-45-24-39-79(94(86)110-91)78-38-23-44-85-92(78)80-37-17-20-42-83(80)102(85)84-43-21-22-46-89(84)109-90-60-57-73(62-88(90)102)75-58-55-66-25-13-14-34-74(66)93(75)100-107-97(69-30-9-3-10-31-69)106-98(108-100)70-32-11-4-12-33-70/h1-62H. The van der Waals surface area contributed by atoms with E-state index in [1.165, 1.54) is 27.8 Å². The third-order valence-corrected chi connectivity index (χ3v) is 22.8. The quantitative estimate of drug-likeness (QED) is 0.134. The number of fused-ring (bicyclic) bond motifs is 19. The van der Waals surface area contributed by atoms with Crippen molar-refractivity contribution in [2.75, 3.05) is 0 Å². The van der Waals surface area contributed by atoms with Gasteiger partial charge in [0.2, 0.25) is 0 Å². The summed E-state index contributed by atoms with van der Waals surface area (Å²) in [7, 11) is 0. The lowest BCUT2D eigenvalue weighted by molar-refractivity contribution is 0.436. The average molecular weight is 1400 g/mol. The third kappa shape index (κ3) is 9.65. The van der Waals surface area contributed by atoms with Crippen LogP contribution in [0.4, 0.5) is 0 Å². The molecular weight excluding hydrogens is 1340 g/mol. The predicted octanol–water partition coefficient (Wildman–Crippen LogP) is 24.8. The molecule has 22 rings (SSSR count). The van der Waals surface area contributed by atoms with Gasteiger partial charge in [0.1, 0.15) is 23.0 Å². The summed E-state index contributed by atoms with van der Waals surface area (Å²) in [6, 6.07) is 134. The normalized spacial score (nSPS) is 14.1. The molecule has 2 aliphatic carbocycles. The second-order valence-electron chi connectivity index (χ2n) is 28.6. The van der Waals surface area contributed by atoms with Crippen LogP contribution in [-0.4, -0.2) is 29.9 Å². The van der Waals surface area contributed by atoms with Gasteiger partial charge in [0.15, 0.2) is 34.9 Å². The largest absolute Gasteiger partial charge is 0.457 e. The minimum Gasteiger partial charge on any atom is -0.457 e. The predicted molar refractivity (Wildman–Crippen MR) is 440 cm³/mol. The minimum atomic E-state index is -0.850. The number of hydrogen-bond acceptors (Lipinski definition) is 8. The minimum absolute atomic E-state index is 0.586. The maximum Gasteiger partial charge on any atom is 0.165 e. The van der Waals surface area contributed by atoms with Gasteiger partial charge >= 0.3 is 0 Å². The molecule has 2 spiro atoms. The maximum absolute atomic E-state index is 7.71. The Kier molecular flexibility index (Phi) is 14.3. The van der Waals surface area contributed by atoms with Crippen molar-refractivity contribution >= 4 is 10.8 Å². The molecule has 0 amide bonds. The molecule has 4 aliphatic rings. The van der Waals surface area contributed by atoms with Crippen LogP contribution in [0.2, 0.25) is 0 Å². The fraction of sp³-hybridized carbons (Fsp3) is 0.0196. The van der Waals surface area contributed by atoms with E-state index in [0.29, 0.717) is 34.9 Å². The number of rotatable bonds is 10. The zero-order chi connectivity index (χ0) is 72.4. The smallest absolute Gasteiger partial charge is 0.165 e. The number of ether oxygens (including phenoxy) is 2. The van der Waals surface area contributed by atoms with E-state index in [9.17, 15) is 0 Å². The molecule has 0 saturated carbocycles. The van der Waals surface area contributed by atoms with E-state index < -0.39 is 10.8 Å². The van der Waals surface area contributed by atoms with Gasteiger partial charge in [0, 0.05) is 61.2 Å². The molecule has 1 atom stereocenters. The van der Waals surface area contributed by atoms with E-state index in [0.717, 1.165) is 151 Å². The fourth-order valence-electron chi connectivity index (χ4n) is 17.9. The van der Waals surface area contributed by atoms with Crippen molar-refractivity contribution in [3.05, 3.63) is 421 Å². The van der Waals surface area contributed by atoms with Crippen LogP contribution in [-0.2, 0) is 10.8 Å². The highest BCUT2D eigenvalue weighted by atomic mass is 16.5. The van der Waals surface area contributed by atoms with E-state index in [1.54, 1.807) is 0 Å². The van der Waals surface area contributed by atoms with E-state index in [2.05, 4.69) is 279 Å². The molecule has 1 unspecified atom stereocenters. The second-order valence-corrected chi connectivity index (χ2v) is 28.6. The first kappa shape index (κ1) is 62.7. The van der Waals surface area contributed by atoms with Gasteiger partial charge in [-0.25, -0.2) is 29.9 Å². The number of hydrogen-bond donors (Lipinski definition) is 0. The third-order valence-electron chi connectivity index (χ3n) is 22.8. The molecule has 2 aromatic heterocycles. The Bertz CT molecular complexity index is 6610. The average Bonchev–Trinajstić information content (AvgIpc) is 1.48. The SMILES string of the molecule is c1ccc(-c2nc(-c3ccccc3)nc(-c3ccc(-c4ccc(-c5ccc6c(c5)C5(c7ccccc7-c7ccccc75)c5cccc(-c7cccc8c7-c7ccccc7C87c8ccccc8Oc8ccc(-c9ccc%10ccccc%10c9-c9nc(-c%10ccccc%10)nc(-c%10ccccc%10)n9)cc87)c5O6)cc4)cc3)n2)cc1. The summed E-state index contributed by atoms with van der Waals surface area (Å²) in [6.07, 6.45) is 0.